The molecular weight excluding hydrogens is 270 g/mol. The Morgan fingerprint density at radius 1 is 1.00 bits per heavy atom. The third kappa shape index (κ3) is 2.48. The van der Waals surface area contributed by atoms with E-state index in [0.717, 1.165) is 11.3 Å². The molecule has 0 saturated carbocycles. The third-order valence-corrected chi connectivity index (χ3v) is 2.91. The molecule has 0 bridgehead atoms. The second-order valence-electron chi connectivity index (χ2n) is 4.63. The van der Waals surface area contributed by atoms with Crippen molar-refractivity contribution in [2.45, 2.75) is 0 Å². The largest absolute Gasteiger partial charge is 0.394 e. The summed E-state index contributed by atoms with van der Waals surface area (Å²) in [6.45, 7) is 0. The van der Waals surface area contributed by atoms with Crippen molar-refractivity contribution in [1.82, 2.24) is 29.5 Å². The Balaban J connectivity index is 2.01. The molecule has 0 radical (unpaired) electrons. The van der Waals surface area contributed by atoms with E-state index in [4.69, 9.17) is 11.5 Å². The first-order valence-corrected chi connectivity index (χ1v) is 6.20. The third-order valence-electron chi connectivity index (χ3n) is 2.91. The lowest BCUT2D eigenvalue weighted by molar-refractivity contribution is 0.768. The Bertz CT molecular complexity index is 786. The fraction of sp³-hybridized carbons (Fsp3) is 0.167. The predicted molar refractivity (Wildman–Crippen MR) is 79.5 cm³/mol. The van der Waals surface area contributed by atoms with E-state index in [1.54, 1.807) is 28.0 Å². The number of nitrogens with two attached hydrogens (primary N) is 2. The van der Waals surface area contributed by atoms with Gasteiger partial charge in [-0.3, -0.25) is 9.36 Å². The first-order valence-electron chi connectivity index (χ1n) is 6.20. The average Bonchev–Trinajstić information content (AvgIpc) is 3.03. The highest BCUT2D eigenvalue weighted by atomic mass is 15.3. The van der Waals surface area contributed by atoms with Crippen molar-refractivity contribution >= 4 is 23.1 Å². The van der Waals surface area contributed by atoms with Gasteiger partial charge in [0, 0.05) is 32.1 Å². The van der Waals surface area contributed by atoms with Gasteiger partial charge in [-0.1, -0.05) is 0 Å². The maximum Gasteiger partial charge on any atom is 0.229 e. The van der Waals surface area contributed by atoms with Gasteiger partial charge in [-0.25, -0.2) is 4.98 Å². The minimum absolute atomic E-state index is 0.218. The molecule has 9 nitrogen and oxygen atoms in total. The van der Waals surface area contributed by atoms with Crippen molar-refractivity contribution < 1.29 is 0 Å². The Morgan fingerprint density at radius 3 is 2.33 bits per heavy atom. The zero-order valence-corrected chi connectivity index (χ0v) is 11.6. The SMILES string of the molecule is Cn1cc(Nc2nc(N)c(N)c(-c3cnn(C)c3)n2)cn1. The molecular formula is C12H15N9. The lowest BCUT2D eigenvalue weighted by Gasteiger charge is -2.09. The second-order valence-corrected chi connectivity index (χ2v) is 4.63. The molecule has 108 valence electrons. The molecule has 9 heteroatoms. The molecule has 0 aromatic carbocycles. The van der Waals surface area contributed by atoms with Crippen LogP contribution in [0.15, 0.2) is 24.8 Å². The van der Waals surface area contributed by atoms with Crippen LogP contribution < -0.4 is 16.8 Å². The number of aryl methyl sites for hydroxylation is 2. The standard InChI is InChI=1S/C12H15N9/c1-20-5-7(3-15-20)10-9(13)11(14)19-12(18-10)17-8-4-16-21(2)6-8/h3-6H,13H2,1-2H3,(H3,14,17,18,19). The van der Waals surface area contributed by atoms with E-state index in [1.807, 2.05) is 20.3 Å². The van der Waals surface area contributed by atoms with Crippen molar-refractivity contribution in [2.24, 2.45) is 14.1 Å². The predicted octanol–water partition coefficient (Wildman–Crippen LogP) is 0.519. The van der Waals surface area contributed by atoms with Gasteiger partial charge in [0.25, 0.3) is 0 Å². The summed E-state index contributed by atoms with van der Waals surface area (Å²) in [6.07, 6.45) is 6.96. The van der Waals surface area contributed by atoms with Crippen molar-refractivity contribution in [3.8, 4) is 11.3 Å². The molecule has 0 aliphatic heterocycles. The number of aromatic nitrogens is 6. The van der Waals surface area contributed by atoms with E-state index in [-0.39, 0.29) is 5.82 Å². The molecule has 21 heavy (non-hydrogen) atoms. The molecule has 0 aliphatic carbocycles. The van der Waals surface area contributed by atoms with Crippen LogP contribution in [-0.4, -0.2) is 29.5 Å². The minimum atomic E-state index is 0.218. The van der Waals surface area contributed by atoms with E-state index in [0.29, 0.717) is 17.3 Å². The van der Waals surface area contributed by atoms with Crippen LogP contribution in [0, 0.1) is 0 Å². The number of nitrogen functional groups attached to an aromatic ring is 2. The van der Waals surface area contributed by atoms with Crippen LogP contribution >= 0.6 is 0 Å². The lowest BCUT2D eigenvalue weighted by atomic mass is 10.2. The van der Waals surface area contributed by atoms with Crippen molar-refractivity contribution in [3.05, 3.63) is 24.8 Å². The molecule has 3 aromatic rings. The quantitative estimate of drug-likeness (QED) is 0.640. The monoisotopic (exact) mass is 285 g/mol. The van der Waals surface area contributed by atoms with Crippen LogP contribution in [0.5, 0.6) is 0 Å². The van der Waals surface area contributed by atoms with Gasteiger partial charge in [0.15, 0.2) is 5.82 Å². The van der Waals surface area contributed by atoms with E-state index in [1.165, 1.54) is 0 Å². The minimum Gasteiger partial charge on any atom is -0.394 e. The van der Waals surface area contributed by atoms with E-state index in [9.17, 15) is 0 Å². The molecule has 0 aliphatic rings. The Morgan fingerprint density at radius 2 is 1.71 bits per heavy atom. The summed E-state index contributed by atoms with van der Waals surface area (Å²) in [6, 6.07) is 0. The summed E-state index contributed by atoms with van der Waals surface area (Å²) in [5, 5.41) is 11.2. The lowest BCUT2D eigenvalue weighted by Crippen LogP contribution is -2.06. The molecule has 0 fully saturated rings. The van der Waals surface area contributed by atoms with Gasteiger partial charge in [-0.05, 0) is 0 Å². The molecule has 0 atom stereocenters. The summed E-state index contributed by atoms with van der Waals surface area (Å²) < 4.78 is 3.34. The number of rotatable bonds is 3. The second kappa shape index (κ2) is 4.78. The van der Waals surface area contributed by atoms with Crippen molar-refractivity contribution in [3.63, 3.8) is 0 Å². The molecule has 0 spiro atoms. The van der Waals surface area contributed by atoms with Crippen LogP contribution in [0.1, 0.15) is 0 Å². The smallest absolute Gasteiger partial charge is 0.229 e. The molecule has 0 saturated heterocycles. The molecule has 0 amide bonds. The molecule has 3 rings (SSSR count). The zero-order chi connectivity index (χ0) is 15.0. The van der Waals surface area contributed by atoms with Crippen LogP contribution in [-0.2, 0) is 14.1 Å². The maximum atomic E-state index is 5.96. The van der Waals surface area contributed by atoms with E-state index < -0.39 is 0 Å². The van der Waals surface area contributed by atoms with E-state index in [2.05, 4.69) is 25.5 Å². The normalized spacial score (nSPS) is 10.8. The summed E-state index contributed by atoms with van der Waals surface area (Å²) in [5.41, 5.74) is 14.2. The van der Waals surface area contributed by atoms with Gasteiger partial charge in [0.1, 0.15) is 11.4 Å². The number of nitrogens with one attached hydrogen (secondary N) is 1. The van der Waals surface area contributed by atoms with Gasteiger partial charge < -0.3 is 16.8 Å². The van der Waals surface area contributed by atoms with Gasteiger partial charge in [-0.15, -0.1) is 0 Å². The maximum absolute atomic E-state index is 5.96. The molecule has 3 heterocycles. The molecule has 0 unspecified atom stereocenters. The van der Waals surface area contributed by atoms with Gasteiger partial charge in [-0.2, -0.15) is 15.2 Å². The highest BCUT2D eigenvalue weighted by Gasteiger charge is 2.13. The Kier molecular flexibility index (Phi) is 2.94. The number of hydrogen-bond donors (Lipinski definition) is 3. The van der Waals surface area contributed by atoms with Crippen LogP contribution in [0.4, 0.5) is 23.1 Å². The first kappa shape index (κ1) is 12.9. The number of hydrogen-bond acceptors (Lipinski definition) is 7. The molecule has 5 N–H and O–H groups in total. The summed E-state index contributed by atoms with van der Waals surface area (Å²) in [5.74, 6) is 0.573. The highest BCUT2D eigenvalue weighted by Crippen LogP contribution is 2.28. The van der Waals surface area contributed by atoms with Crippen LogP contribution in [0.25, 0.3) is 11.3 Å². The fourth-order valence-corrected chi connectivity index (χ4v) is 1.92. The van der Waals surface area contributed by atoms with Crippen molar-refractivity contribution in [1.29, 1.82) is 0 Å². The van der Waals surface area contributed by atoms with Crippen LogP contribution in [0.2, 0.25) is 0 Å². The summed E-state index contributed by atoms with van der Waals surface area (Å²) >= 11 is 0. The summed E-state index contributed by atoms with van der Waals surface area (Å²) in [4.78, 5) is 8.54. The van der Waals surface area contributed by atoms with Crippen LogP contribution in [0.3, 0.4) is 0 Å². The van der Waals surface area contributed by atoms with Gasteiger partial charge in [0.05, 0.1) is 18.1 Å². The molecule has 3 aromatic heterocycles. The highest BCUT2D eigenvalue weighted by molar-refractivity contribution is 5.80. The first-order chi connectivity index (χ1) is 10.0. The number of anilines is 4. The topological polar surface area (TPSA) is 125 Å². The van der Waals surface area contributed by atoms with Gasteiger partial charge >= 0.3 is 0 Å². The average molecular weight is 285 g/mol. The Hall–Kier alpha value is -3.10. The zero-order valence-electron chi connectivity index (χ0n) is 11.6. The van der Waals surface area contributed by atoms with Gasteiger partial charge in [0.2, 0.25) is 5.95 Å². The van der Waals surface area contributed by atoms with Crippen molar-refractivity contribution in [2.75, 3.05) is 16.8 Å². The summed E-state index contributed by atoms with van der Waals surface area (Å²) in [7, 11) is 3.64. The van der Waals surface area contributed by atoms with E-state index >= 15 is 0 Å². The Labute approximate surface area is 120 Å². The number of nitrogens with zero attached hydrogens (tertiary/aromatic N) is 6. The fourth-order valence-electron chi connectivity index (χ4n) is 1.92.